The molecule has 9 heteroatoms. The van der Waals surface area contributed by atoms with Gasteiger partial charge in [0.15, 0.2) is 0 Å². The Morgan fingerprint density at radius 3 is 2.55 bits per heavy atom. The Bertz CT molecular complexity index is 1060. The minimum atomic E-state index is -0.0183. The molecule has 1 amide bonds. The summed E-state index contributed by atoms with van der Waals surface area (Å²) in [4.78, 5) is 26.0. The first-order chi connectivity index (χ1) is 14.9. The Morgan fingerprint density at radius 1 is 1.13 bits per heavy atom. The lowest BCUT2D eigenvalue weighted by molar-refractivity contribution is -0.120. The van der Waals surface area contributed by atoms with E-state index in [0.29, 0.717) is 12.3 Å². The minimum Gasteiger partial charge on any atom is -0.369 e. The van der Waals surface area contributed by atoms with E-state index in [0.717, 1.165) is 43.1 Å². The quantitative estimate of drug-likeness (QED) is 0.615. The number of nitrogen functional groups attached to an aromatic ring is 1. The molecule has 4 rings (SSSR count). The molecule has 1 aliphatic heterocycles. The van der Waals surface area contributed by atoms with Crippen LogP contribution in [0.2, 0.25) is 0 Å². The molecule has 0 spiro atoms. The number of fused-ring (bicyclic) bond motifs is 1. The van der Waals surface area contributed by atoms with E-state index in [4.69, 9.17) is 5.73 Å². The van der Waals surface area contributed by atoms with Crippen LogP contribution in [0, 0.1) is 13.8 Å². The van der Waals surface area contributed by atoms with Crippen LogP contribution in [0.1, 0.15) is 23.9 Å². The predicted molar refractivity (Wildman–Crippen MR) is 121 cm³/mol. The first-order valence-electron chi connectivity index (χ1n) is 10.7. The second-order valence-electron chi connectivity index (χ2n) is 8.13. The molecule has 1 unspecified atom stereocenters. The summed E-state index contributed by atoms with van der Waals surface area (Å²) >= 11 is 0. The number of nitrogens with zero attached hydrogens (tertiary/aromatic N) is 6. The van der Waals surface area contributed by atoms with Gasteiger partial charge in [-0.1, -0.05) is 18.2 Å². The van der Waals surface area contributed by atoms with E-state index < -0.39 is 0 Å². The zero-order valence-electron chi connectivity index (χ0n) is 18.4. The average molecular weight is 423 g/mol. The van der Waals surface area contributed by atoms with Crippen LogP contribution in [-0.2, 0) is 11.2 Å². The van der Waals surface area contributed by atoms with Gasteiger partial charge < -0.3 is 16.0 Å². The molecule has 31 heavy (non-hydrogen) atoms. The normalized spacial score (nSPS) is 15.9. The van der Waals surface area contributed by atoms with Crippen LogP contribution in [-0.4, -0.2) is 69.2 Å². The molecular formula is C22H30N8O. The highest BCUT2D eigenvalue weighted by atomic mass is 16.1. The Balaban J connectivity index is 1.30. The molecule has 9 nitrogen and oxygen atoms in total. The number of hydrogen-bond donors (Lipinski definition) is 2. The van der Waals surface area contributed by atoms with E-state index in [-0.39, 0.29) is 24.3 Å². The fourth-order valence-corrected chi connectivity index (χ4v) is 4.15. The summed E-state index contributed by atoms with van der Waals surface area (Å²) in [7, 11) is 0. The van der Waals surface area contributed by atoms with Crippen molar-refractivity contribution in [3.8, 4) is 0 Å². The van der Waals surface area contributed by atoms with Gasteiger partial charge in [-0.2, -0.15) is 9.50 Å². The maximum absolute atomic E-state index is 12.6. The summed E-state index contributed by atoms with van der Waals surface area (Å²) in [6, 6.07) is 10.8. The number of anilines is 2. The van der Waals surface area contributed by atoms with Gasteiger partial charge in [-0.3, -0.25) is 9.69 Å². The Labute approximate surface area is 182 Å². The highest BCUT2D eigenvalue weighted by molar-refractivity contribution is 5.79. The van der Waals surface area contributed by atoms with E-state index in [1.807, 2.05) is 19.9 Å². The van der Waals surface area contributed by atoms with Gasteiger partial charge in [0.1, 0.15) is 0 Å². The standard InChI is InChI=1S/C22H30N8O/c1-15(28-9-11-29(12-10-28)18-7-5-4-6-8-18)14-24-20(31)13-19-16(2)25-22-26-21(23)27-30(22)17(19)3/h4-8,15H,9-14H2,1-3H3,(H2,23,27)(H,24,31). The van der Waals surface area contributed by atoms with E-state index >= 15 is 0 Å². The van der Waals surface area contributed by atoms with Crippen molar-refractivity contribution in [3.63, 3.8) is 0 Å². The number of piperazine rings is 1. The molecule has 1 saturated heterocycles. The van der Waals surface area contributed by atoms with Crippen molar-refractivity contribution >= 4 is 23.3 Å². The number of rotatable bonds is 6. The van der Waals surface area contributed by atoms with Crippen LogP contribution in [0.3, 0.4) is 0 Å². The average Bonchev–Trinajstić information content (AvgIpc) is 3.16. The van der Waals surface area contributed by atoms with Gasteiger partial charge in [-0.25, -0.2) is 4.98 Å². The molecule has 1 fully saturated rings. The van der Waals surface area contributed by atoms with Gasteiger partial charge in [0.25, 0.3) is 5.78 Å². The largest absolute Gasteiger partial charge is 0.369 e. The van der Waals surface area contributed by atoms with Crippen LogP contribution >= 0.6 is 0 Å². The first-order valence-corrected chi connectivity index (χ1v) is 10.7. The zero-order chi connectivity index (χ0) is 22.0. The number of carbonyl (C=O) groups is 1. The highest BCUT2D eigenvalue weighted by Crippen LogP contribution is 2.17. The fourth-order valence-electron chi connectivity index (χ4n) is 4.15. The molecule has 1 aromatic carbocycles. The molecule has 0 saturated carbocycles. The van der Waals surface area contributed by atoms with Crippen LogP contribution < -0.4 is 16.0 Å². The monoisotopic (exact) mass is 422 g/mol. The minimum absolute atomic E-state index is 0.0183. The molecule has 0 bridgehead atoms. The highest BCUT2D eigenvalue weighted by Gasteiger charge is 2.22. The number of aromatic nitrogens is 4. The van der Waals surface area contributed by atoms with Gasteiger partial charge in [-0.15, -0.1) is 5.10 Å². The van der Waals surface area contributed by atoms with Crippen molar-refractivity contribution in [2.45, 2.75) is 33.2 Å². The summed E-state index contributed by atoms with van der Waals surface area (Å²) < 4.78 is 1.60. The lowest BCUT2D eigenvalue weighted by atomic mass is 10.1. The van der Waals surface area contributed by atoms with Crippen molar-refractivity contribution in [3.05, 3.63) is 47.3 Å². The number of aryl methyl sites for hydroxylation is 2. The van der Waals surface area contributed by atoms with Crippen molar-refractivity contribution in [1.82, 2.24) is 29.8 Å². The van der Waals surface area contributed by atoms with Crippen molar-refractivity contribution < 1.29 is 4.79 Å². The predicted octanol–water partition coefficient (Wildman–Crippen LogP) is 1.19. The third kappa shape index (κ3) is 4.61. The fraction of sp³-hybridized carbons (Fsp3) is 0.455. The van der Waals surface area contributed by atoms with E-state index in [1.54, 1.807) is 4.52 Å². The lowest BCUT2D eigenvalue weighted by Crippen LogP contribution is -2.52. The van der Waals surface area contributed by atoms with Crippen molar-refractivity contribution in [1.29, 1.82) is 0 Å². The Hall–Kier alpha value is -3.20. The number of nitrogens with one attached hydrogen (secondary N) is 1. The second-order valence-corrected chi connectivity index (χ2v) is 8.13. The van der Waals surface area contributed by atoms with E-state index in [1.165, 1.54) is 5.69 Å². The molecule has 164 valence electrons. The number of para-hydroxylation sites is 1. The molecular weight excluding hydrogens is 392 g/mol. The summed E-state index contributed by atoms with van der Waals surface area (Å²) in [5.41, 5.74) is 9.43. The number of nitrogens with two attached hydrogens (primary N) is 1. The SMILES string of the molecule is Cc1nc2nc(N)nn2c(C)c1CC(=O)NCC(C)N1CCN(c2ccccc2)CC1. The topological polar surface area (TPSA) is 105 Å². The van der Waals surface area contributed by atoms with Gasteiger partial charge in [-0.05, 0) is 32.9 Å². The molecule has 3 aromatic rings. The summed E-state index contributed by atoms with van der Waals surface area (Å²) in [6.07, 6.45) is 0.259. The van der Waals surface area contributed by atoms with Crippen LogP contribution in [0.15, 0.2) is 30.3 Å². The third-order valence-corrected chi connectivity index (χ3v) is 6.06. The number of benzene rings is 1. The summed E-state index contributed by atoms with van der Waals surface area (Å²) in [6.45, 7) is 10.5. The molecule has 2 aromatic heterocycles. The second kappa shape index (κ2) is 8.89. The van der Waals surface area contributed by atoms with Gasteiger partial charge in [0.05, 0.1) is 6.42 Å². The maximum Gasteiger partial charge on any atom is 0.254 e. The zero-order valence-corrected chi connectivity index (χ0v) is 18.4. The van der Waals surface area contributed by atoms with Crippen LogP contribution in [0.25, 0.3) is 5.78 Å². The maximum atomic E-state index is 12.6. The Kier molecular flexibility index (Phi) is 6.03. The molecule has 1 aliphatic rings. The summed E-state index contributed by atoms with van der Waals surface area (Å²) in [5, 5.41) is 7.25. The van der Waals surface area contributed by atoms with E-state index in [2.05, 4.69) is 61.4 Å². The Morgan fingerprint density at radius 2 is 1.84 bits per heavy atom. The lowest BCUT2D eigenvalue weighted by Gasteiger charge is -2.39. The van der Waals surface area contributed by atoms with Crippen molar-refractivity contribution in [2.24, 2.45) is 0 Å². The number of hydrogen-bond acceptors (Lipinski definition) is 7. The van der Waals surface area contributed by atoms with Gasteiger partial charge in [0, 0.05) is 61.4 Å². The molecule has 1 atom stereocenters. The summed E-state index contributed by atoms with van der Waals surface area (Å²) in [5.74, 6) is 0.618. The third-order valence-electron chi connectivity index (χ3n) is 6.06. The van der Waals surface area contributed by atoms with Gasteiger partial charge >= 0.3 is 0 Å². The number of amides is 1. The molecule has 3 heterocycles. The van der Waals surface area contributed by atoms with Crippen LogP contribution in [0.5, 0.6) is 0 Å². The van der Waals surface area contributed by atoms with Crippen molar-refractivity contribution in [2.75, 3.05) is 43.4 Å². The molecule has 0 aliphatic carbocycles. The smallest absolute Gasteiger partial charge is 0.254 e. The molecule has 0 radical (unpaired) electrons. The van der Waals surface area contributed by atoms with Crippen LogP contribution in [0.4, 0.5) is 11.6 Å². The molecule has 3 N–H and O–H groups in total. The number of carbonyl (C=O) groups excluding carboxylic acids is 1. The van der Waals surface area contributed by atoms with E-state index in [9.17, 15) is 4.79 Å². The first kappa shape index (κ1) is 21.0. The van der Waals surface area contributed by atoms with Gasteiger partial charge in [0.2, 0.25) is 11.9 Å².